The summed E-state index contributed by atoms with van der Waals surface area (Å²) in [7, 11) is 0. The third kappa shape index (κ3) is 3.51. The number of pyridine rings is 1. The monoisotopic (exact) mass is 266 g/mol. The summed E-state index contributed by atoms with van der Waals surface area (Å²) >= 11 is 0. The minimum Gasteiger partial charge on any atom is -0.478 e. The van der Waals surface area contributed by atoms with Crippen molar-refractivity contribution in [3.8, 4) is 0 Å². The van der Waals surface area contributed by atoms with Gasteiger partial charge in [-0.15, -0.1) is 0 Å². The molecule has 0 saturated heterocycles. The standard InChI is InChI=1S/C13H18N2O4/c1-8(2)15(6-7-16)12(17)11-5-4-10(13(18)19)9(3)14-11/h4-5,8,16H,6-7H2,1-3H3,(H,18,19). The van der Waals surface area contributed by atoms with Gasteiger partial charge in [0.15, 0.2) is 0 Å². The largest absolute Gasteiger partial charge is 0.478 e. The number of hydrogen-bond donors (Lipinski definition) is 2. The van der Waals surface area contributed by atoms with E-state index in [9.17, 15) is 9.59 Å². The minimum absolute atomic E-state index is 0.0686. The fraction of sp³-hybridized carbons (Fsp3) is 0.462. The van der Waals surface area contributed by atoms with E-state index in [1.165, 1.54) is 17.0 Å². The van der Waals surface area contributed by atoms with E-state index in [0.29, 0.717) is 5.69 Å². The Labute approximate surface area is 111 Å². The predicted molar refractivity (Wildman–Crippen MR) is 69.2 cm³/mol. The van der Waals surface area contributed by atoms with E-state index in [2.05, 4.69) is 4.98 Å². The van der Waals surface area contributed by atoms with Crippen LogP contribution in [0.2, 0.25) is 0 Å². The van der Waals surface area contributed by atoms with E-state index < -0.39 is 5.97 Å². The maximum Gasteiger partial charge on any atom is 0.337 e. The predicted octanol–water partition coefficient (Wildman–Crippen LogP) is 0.931. The topological polar surface area (TPSA) is 90.7 Å². The fourth-order valence-corrected chi connectivity index (χ4v) is 1.76. The molecule has 0 bridgehead atoms. The van der Waals surface area contributed by atoms with Gasteiger partial charge in [0.05, 0.1) is 17.9 Å². The van der Waals surface area contributed by atoms with Crippen molar-refractivity contribution in [2.75, 3.05) is 13.2 Å². The highest BCUT2D eigenvalue weighted by Crippen LogP contribution is 2.11. The molecule has 0 aromatic carbocycles. The lowest BCUT2D eigenvalue weighted by atomic mass is 10.1. The third-order valence-corrected chi connectivity index (χ3v) is 2.76. The fourth-order valence-electron chi connectivity index (χ4n) is 1.76. The molecule has 1 aromatic rings. The molecule has 1 amide bonds. The van der Waals surface area contributed by atoms with Crippen LogP contribution in [0.25, 0.3) is 0 Å². The first-order chi connectivity index (χ1) is 8.88. The van der Waals surface area contributed by atoms with Gasteiger partial charge in [-0.3, -0.25) is 4.79 Å². The summed E-state index contributed by atoms with van der Waals surface area (Å²) in [6.45, 7) is 5.32. The Hall–Kier alpha value is -1.95. The van der Waals surface area contributed by atoms with Crippen LogP contribution in [0.15, 0.2) is 12.1 Å². The molecular weight excluding hydrogens is 248 g/mol. The quantitative estimate of drug-likeness (QED) is 0.827. The summed E-state index contributed by atoms with van der Waals surface area (Å²) in [5, 5.41) is 17.9. The number of aliphatic hydroxyl groups excluding tert-OH is 1. The maximum atomic E-state index is 12.2. The Morgan fingerprint density at radius 3 is 2.42 bits per heavy atom. The zero-order valence-corrected chi connectivity index (χ0v) is 11.3. The van der Waals surface area contributed by atoms with Crippen molar-refractivity contribution in [3.05, 3.63) is 29.1 Å². The first-order valence-corrected chi connectivity index (χ1v) is 6.01. The molecule has 0 aliphatic rings. The second kappa shape index (κ2) is 6.29. The van der Waals surface area contributed by atoms with Crippen LogP contribution in [0.1, 0.15) is 40.4 Å². The SMILES string of the molecule is Cc1nc(C(=O)N(CCO)C(C)C)ccc1C(=O)O. The number of hydrogen-bond acceptors (Lipinski definition) is 4. The molecule has 0 aliphatic carbocycles. The molecule has 1 aromatic heterocycles. The third-order valence-electron chi connectivity index (χ3n) is 2.76. The molecule has 104 valence electrons. The number of rotatable bonds is 5. The van der Waals surface area contributed by atoms with E-state index in [1.807, 2.05) is 13.8 Å². The lowest BCUT2D eigenvalue weighted by Gasteiger charge is -2.25. The number of nitrogens with zero attached hydrogens (tertiary/aromatic N) is 2. The van der Waals surface area contributed by atoms with E-state index >= 15 is 0 Å². The average Bonchev–Trinajstić information content (AvgIpc) is 2.34. The number of carboxylic acids is 1. The van der Waals surface area contributed by atoms with Crippen molar-refractivity contribution in [2.24, 2.45) is 0 Å². The van der Waals surface area contributed by atoms with Crippen LogP contribution >= 0.6 is 0 Å². The molecule has 1 rings (SSSR count). The first kappa shape index (κ1) is 15.1. The summed E-state index contributed by atoms with van der Waals surface area (Å²) < 4.78 is 0. The molecule has 0 unspecified atom stereocenters. The van der Waals surface area contributed by atoms with Crippen molar-refractivity contribution < 1.29 is 19.8 Å². The van der Waals surface area contributed by atoms with Gasteiger partial charge >= 0.3 is 5.97 Å². The van der Waals surface area contributed by atoms with E-state index in [-0.39, 0.29) is 36.4 Å². The van der Waals surface area contributed by atoms with Crippen LogP contribution in [-0.4, -0.2) is 51.2 Å². The number of carboxylic acid groups (broad SMARTS) is 1. The molecule has 0 saturated carbocycles. The Morgan fingerprint density at radius 1 is 1.37 bits per heavy atom. The highest BCUT2D eigenvalue weighted by atomic mass is 16.4. The Kier molecular flexibility index (Phi) is 5.00. The van der Waals surface area contributed by atoms with Crippen molar-refractivity contribution in [1.82, 2.24) is 9.88 Å². The van der Waals surface area contributed by atoms with E-state index in [1.54, 1.807) is 6.92 Å². The zero-order chi connectivity index (χ0) is 14.6. The molecule has 19 heavy (non-hydrogen) atoms. The number of aliphatic hydroxyl groups is 1. The van der Waals surface area contributed by atoms with Crippen molar-refractivity contribution >= 4 is 11.9 Å². The smallest absolute Gasteiger partial charge is 0.337 e. The Balaban J connectivity index is 3.05. The molecule has 0 spiro atoms. The molecule has 6 heteroatoms. The van der Waals surface area contributed by atoms with Crippen molar-refractivity contribution in [1.29, 1.82) is 0 Å². The lowest BCUT2D eigenvalue weighted by molar-refractivity contribution is 0.0653. The van der Waals surface area contributed by atoms with Gasteiger partial charge in [-0.2, -0.15) is 0 Å². The zero-order valence-electron chi connectivity index (χ0n) is 11.3. The summed E-state index contributed by atoms with van der Waals surface area (Å²) in [5.74, 6) is -1.39. The van der Waals surface area contributed by atoms with Gasteiger partial charge in [0, 0.05) is 12.6 Å². The van der Waals surface area contributed by atoms with Gasteiger partial charge in [0.1, 0.15) is 5.69 Å². The molecule has 1 heterocycles. The molecule has 6 nitrogen and oxygen atoms in total. The normalized spacial score (nSPS) is 10.6. The molecular formula is C13H18N2O4. The van der Waals surface area contributed by atoms with E-state index in [0.717, 1.165) is 0 Å². The summed E-state index contributed by atoms with van der Waals surface area (Å²) in [5.41, 5.74) is 0.561. The minimum atomic E-state index is -1.07. The van der Waals surface area contributed by atoms with Crippen LogP contribution in [-0.2, 0) is 0 Å². The van der Waals surface area contributed by atoms with Crippen LogP contribution in [0.4, 0.5) is 0 Å². The molecule has 0 fully saturated rings. The number of aromatic carboxylic acids is 1. The average molecular weight is 266 g/mol. The number of carbonyl (C=O) groups excluding carboxylic acids is 1. The van der Waals surface area contributed by atoms with Gasteiger partial charge in [0.25, 0.3) is 5.91 Å². The Morgan fingerprint density at radius 2 is 2.00 bits per heavy atom. The highest BCUT2D eigenvalue weighted by Gasteiger charge is 2.20. The summed E-state index contributed by atoms with van der Waals surface area (Å²) in [6.07, 6.45) is 0. The van der Waals surface area contributed by atoms with Crippen LogP contribution in [0.5, 0.6) is 0 Å². The van der Waals surface area contributed by atoms with Crippen LogP contribution in [0, 0.1) is 6.92 Å². The van der Waals surface area contributed by atoms with Crippen LogP contribution in [0.3, 0.4) is 0 Å². The maximum absolute atomic E-state index is 12.2. The highest BCUT2D eigenvalue weighted by molar-refractivity contribution is 5.94. The second-order valence-electron chi connectivity index (χ2n) is 4.45. The van der Waals surface area contributed by atoms with Crippen molar-refractivity contribution in [2.45, 2.75) is 26.8 Å². The molecule has 0 atom stereocenters. The van der Waals surface area contributed by atoms with Gasteiger partial charge in [-0.25, -0.2) is 9.78 Å². The van der Waals surface area contributed by atoms with Gasteiger partial charge in [-0.05, 0) is 32.9 Å². The second-order valence-corrected chi connectivity index (χ2v) is 4.45. The number of carbonyl (C=O) groups is 2. The molecule has 2 N–H and O–H groups in total. The van der Waals surface area contributed by atoms with Gasteiger partial charge in [-0.1, -0.05) is 0 Å². The Bertz CT molecular complexity index is 486. The number of aromatic nitrogens is 1. The molecule has 0 aliphatic heterocycles. The van der Waals surface area contributed by atoms with E-state index in [4.69, 9.17) is 10.2 Å². The van der Waals surface area contributed by atoms with Gasteiger partial charge in [0.2, 0.25) is 0 Å². The van der Waals surface area contributed by atoms with Gasteiger partial charge < -0.3 is 15.1 Å². The summed E-state index contributed by atoms with van der Waals surface area (Å²) in [4.78, 5) is 28.6. The van der Waals surface area contributed by atoms with Crippen molar-refractivity contribution in [3.63, 3.8) is 0 Å². The summed E-state index contributed by atoms with van der Waals surface area (Å²) in [6, 6.07) is 2.70. The first-order valence-electron chi connectivity index (χ1n) is 6.01. The lowest BCUT2D eigenvalue weighted by Crippen LogP contribution is -2.39. The number of amides is 1. The number of aryl methyl sites for hydroxylation is 1. The van der Waals surface area contributed by atoms with Crippen LogP contribution < -0.4 is 0 Å². The molecule has 0 radical (unpaired) electrons.